The summed E-state index contributed by atoms with van der Waals surface area (Å²) in [7, 11) is 1.55. The van der Waals surface area contributed by atoms with Crippen LogP contribution >= 0.6 is 11.6 Å². The number of nitriles is 1. The summed E-state index contributed by atoms with van der Waals surface area (Å²) < 4.78 is 5.10. The Labute approximate surface area is 133 Å². The first-order chi connectivity index (χ1) is 10.6. The van der Waals surface area contributed by atoms with Gasteiger partial charge in [-0.05, 0) is 24.6 Å². The summed E-state index contributed by atoms with van der Waals surface area (Å²) in [6, 6.07) is 9.06. The van der Waals surface area contributed by atoms with Crippen LogP contribution in [-0.4, -0.2) is 23.2 Å². The molecule has 0 spiro atoms. The molecule has 2 N–H and O–H groups in total. The van der Waals surface area contributed by atoms with Crippen molar-refractivity contribution in [3.05, 3.63) is 29.3 Å². The number of nitrogens with zero attached hydrogens (tertiary/aromatic N) is 2. The van der Waals surface area contributed by atoms with Crippen molar-refractivity contribution in [2.75, 3.05) is 12.4 Å². The van der Waals surface area contributed by atoms with Gasteiger partial charge in [-0.15, -0.1) is 0 Å². The maximum Gasteiger partial charge on any atom is 0.225 e. The van der Waals surface area contributed by atoms with Crippen molar-refractivity contribution in [3.8, 4) is 23.1 Å². The van der Waals surface area contributed by atoms with Crippen molar-refractivity contribution in [2.24, 2.45) is 0 Å². The van der Waals surface area contributed by atoms with E-state index in [0.717, 1.165) is 5.56 Å². The van der Waals surface area contributed by atoms with E-state index in [2.05, 4.69) is 15.5 Å². The number of ether oxygens (including phenoxy) is 1. The fourth-order valence-corrected chi connectivity index (χ4v) is 2.16. The number of unbranched alkanes of at least 4 members (excludes halogenated alkanes) is 1. The molecule has 114 valence electrons. The van der Waals surface area contributed by atoms with Gasteiger partial charge in [-0.25, -0.2) is 0 Å². The largest absolute Gasteiger partial charge is 0.495 e. The van der Waals surface area contributed by atoms with Crippen LogP contribution in [-0.2, 0) is 4.79 Å². The number of nitrogens with one attached hydrogen (secondary N) is 2. The number of H-pyrrole nitrogens is 1. The zero-order valence-electron chi connectivity index (χ0n) is 12.0. The molecule has 1 aromatic heterocycles. The van der Waals surface area contributed by atoms with Gasteiger partial charge >= 0.3 is 0 Å². The van der Waals surface area contributed by atoms with Crippen LogP contribution in [0.25, 0.3) is 11.3 Å². The van der Waals surface area contributed by atoms with E-state index >= 15 is 0 Å². The Morgan fingerprint density at radius 1 is 1.50 bits per heavy atom. The number of aromatic amines is 1. The van der Waals surface area contributed by atoms with Crippen LogP contribution < -0.4 is 10.1 Å². The second kappa shape index (κ2) is 7.48. The number of benzene rings is 1. The SMILES string of the molecule is COc1ccc(-c2cc(NC(=O)CCCC#N)[nH]n2)cc1Cl. The molecule has 0 atom stereocenters. The fraction of sp³-hybridized carbons (Fsp3) is 0.267. The first kappa shape index (κ1) is 15.9. The van der Waals surface area contributed by atoms with E-state index < -0.39 is 0 Å². The van der Waals surface area contributed by atoms with Crippen molar-refractivity contribution < 1.29 is 9.53 Å². The van der Waals surface area contributed by atoms with Gasteiger partial charge in [0, 0.05) is 24.5 Å². The second-order valence-corrected chi connectivity index (χ2v) is 4.98. The van der Waals surface area contributed by atoms with Gasteiger partial charge in [0.15, 0.2) is 0 Å². The molecular weight excluding hydrogens is 304 g/mol. The molecule has 0 bridgehead atoms. The molecule has 0 saturated carbocycles. The standard InChI is InChI=1S/C15H15ClN4O2/c1-22-13-6-5-10(8-11(13)16)12-9-14(20-19-12)18-15(21)4-2-3-7-17/h5-6,8-9H,2-4H2,1H3,(H2,18,19,20,21). The summed E-state index contributed by atoms with van der Waals surface area (Å²) in [4.78, 5) is 11.7. The lowest BCUT2D eigenvalue weighted by molar-refractivity contribution is -0.116. The molecule has 6 nitrogen and oxygen atoms in total. The van der Waals surface area contributed by atoms with Crippen LogP contribution in [0.1, 0.15) is 19.3 Å². The molecule has 7 heteroatoms. The number of anilines is 1. The van der Waals surface area contributed by atoms with Crippen molar-refractivity contribution >= 4 is 23.3 Å². The monoisotopic (exact) mass is 318 g/mol. The van der Waals surface area contributed by atoms with E-state index in [4.69, 9.17) is 21.6 Å². The quantitative estimate of drug-likeness (QED) is 0.799. The lowest BCUT2D eigenvalue weighted by Crippen LogP contribution is -2.11. The zero-order valence-corrected chi connectivity index (χ0v) is 12.8. The maximum atomic E-state index is 11.7. The number of rotatable bonds is 6. The highest BCUT2D eigenvalue weighted by Gasteiger charge is 2.09. The fourth-order valence-electron chi connectivity index (χ4n) is 1.90. The predicted octanol–water partition coefficient (Wildman–Crippen LogP) is 3.37. The van der Waals surface area contributed by atoms with Gasteiger partial charge in [0.25, 0.3) is 0 Å². The normalized spacial score (nSPS) is 10.0. The first-order valence-corrected chi connectivity index (χ1v) is 7.08. The Bertz CT molecular complexity index is 706. The smallest absolute Gasteiger partial charge is 0.225 e. The van der Waals surface area contributed by atoms with E-state index in [-0.39, 0.29) is 5.91 Å². The van der Waals surface area contributed by atoms with Gasteiger partial charge in [-0.2, -0.15) is 10.4 Å². The predicted molar refractivity (Wildman–Crippen MR) is 83.7 cm³/mol. The van der Waals surface area contributed by atoms with Crippen LogP contribution in [0.15, 0.2) is 24.3 Å². The molecule has 2 aromatic rings. The molecule has 0 aliphatic carbocycles. The van der Waals surface area contributed by atoms with Crippen LogP contribution in [0, 0.1) is 11.3 Å². The van der Waals surface area contributed by atoms with Crippen LogP contribution in [0.2, 0.25) is 5.02 Å². The molecule has 1 amide bonds. The maximum absolute atomic E-state index is 11.7. The molecule has 2 rings (SSSR count). The molecule has 0 aliphatic heterocycles. The summed E-state index contributed by atoms with van der Waals surface area (Å²) in [6.45, 7) is 0. The summed E-state index contributed by atoms with van der Waals surface area (Å²) in [6.07, 6.45) is 1.21. The van der Waals surface area contributed by atoms with Crippen molar-refractivity contribution in [1.29, 1.82) is 5.26 Å². The average molecular weight is 319 g/mol. The van der Waals surface area contributed by atoms with Crippen molar-refractivity contribution in [2.45, 2.75) is 19.3 Å². The van der Waals surface area contributed by atoms with Crippen molar-refractivity contribution in [3.63, 3.8) is 0 Å². The zero-order chi connectivity index (χ0) is 15.9. The van der Waals surface area contributed by atoms with Gasteiger partial charge in [0.05, 0.1) is 23.9 Å². The third kappa shape index (κ3) is 3.99. The highest BCUT2D eigenvalue weighted by molar-refractivity contribution is 6.32. The number of amides is 1. The molecule has 22 heavy (non-hydrogen) atoms. The molecule has 0 radical (unpaired) electrons. The topological polar surface area (TPSA) is 90.8 Å². The third-order valence-electron chi connectivity index (χ3n) is 2.99. The molecule has 0 fully saturated rings. The molecule has 0 aliphatic rings. The number of hydrogen-bond donors (Lipinski definition) is 2. The average Bonchev–Trinajstić information content (AvgIpc) is 2.96. The number of carbonyl (C=O) groups is 1. The van der Waals surface area contributed by atoms with Crippen LogP contribution in [0.5, 0.6) is 5.75 Å². The Kier molecular flexibility index (Phi) is 5.39. The number of hydrogen-bond acceptors (Lipinski definition) is 4. The minimum absolute atomic E-state index is 0.154. The number of halogens is 1. The molecular formula is C15H15ClN4O2. The van der Waals surface area contributed by atoms with Crippen LogP contribution in [0.4, 0.5) is 5.82 Å². The van der Waals surface area contributed by atoms with Gasteiger partial charge in [0.1, 0.15) is 11.6 Å². The van der Waals surface area contributed by atoms with E-state index in [0.29, 0.717) is 41.5 Å². The summed E-state index contributed by atoms with van der Waals surface area (Å²) in [5.41, 5.74) is 1.48. The van der Waals surface area contributed by atoms with E-state index in [1.165, 1.54) is 0 Å². The Hall–Kier alpha value is -2.52. The lowest BCUT2D eigenvalue weighted by atomic mass is 10.1. The van der Waals surface area contributed by atoms with Gasteiger partial charge < -0.3 is 10.1 Å². The Morgan fingerprint density at radius 2 is 2.32 bits per heavy atom. The van der Waals surface area contributed by atoms with E-state index in [1.807, 2.05) is 12.1 Å². The number of carbonyl (C=O) groups excluding carboxylic acids is 1. The Balaban J connectivity index is 2.04. The molecule has 0 unspecified atom stereocenters. The molecule has 0 saturated heterocycles. The second-order valence-electron chi connectivity index (χ2n) is 4.58. The highest BCUT2D eigenvalue weighted by Crippen LogP contribution is 2.30. The molecule has 1 aromatic carbocycles. The van der Waals surface area contributed by atoms with E-state index in [9.17, 15) is 4.79 Å². The summed E-state index contributed by atoms with van der Waals surface area (Å²) in [5, 5.41) is 18.5. The Morgan fingerprint density at radius 3 is 3.00 bits per heavy atom. The van der Waals surface area contributed by atoms with Gasteiger partial charge in [-0.3, -0.25) is 9.89 Å². The molecule has 1 heterocycles. The van der Waals surface area contributed by atoms with Gasteiger partial charge in [0.2, 0.25) is 5.91 Å². The highest BCUT2D eigenvalue weighted by atomic mass is 35.5. The number of methoxy groups -OCH3 is 1. The first-order valence-electron chi connectivity index (χ1n) is 6.70. The summed E-state index contributed by atoms with van der Waals surface area (Å²) in [5.74, 6) is 0.939. The minimum Gasteiger partial charge on any atom is -0.495 e. The van der Waals surface area contributed by atoms with Crippen LogP contribution in [0.3, 0.4) is 0 Å². The lowest BCUT2D eigenvalue weighted by Gasteiger charge is -2.03. The number of aromatic nitrogens is 2. The van der Waals surface area contributed by atoms with Crippen molar-refractivity contribution in [1.82, 2.24) is 10.2 Å². The minimum atomic E-state index is -0.154. The van der Waals surface area contributed by atoms with Gasteiger partial charge in [-0.1, -0.05) is 11.6 Å². The third-order valence-corrected chi connectivity index (χ3v) is 3.29. The van der Waals surface area contributed by atoms with E-state index in [1.54, 1.807) is 25.3 Å². The summed E-state index contributed by atoms with van der Waals surface area (Å²) >= 11 is 6.08.